The molecule has 10 nitrogen and oxygen atoms in total. The Kier molecular flexibility index (Phi) is 5.63. The first-order valence-corrected chi connectivity index (χ1v) is 8.96. The van der Waals surface area contributed by atoms with Crippen molar-refractivity contribution in [3.8, 4) is 0 Å². The van der Waals surface area contributed by atoms with E-state index < -0.39 is 12.0 Å². The van der Waals surface area contributed by atoms with Gasteiger partial charge in [-0.05, 0) is 33.1 Å². The number of aliphatic carboxylic acids is 1. The van der Waals surface area contributed by atoms with Gasteiger partial charge >= 0.3 is 5.97 Å². The molecule has 144 valence electrons. The summed E-state index contributed by atoms with van der Waals surface area (Å²) in [6.07, 6.45) is 4.77. The molecule has 1 atom stereocenters. The fourth-order valence-corrected chi connectivity index (χ4v) is 2.99. The maximum atomic E-state index is 12.6. The van der Waals surface area contributed by atoms with Gasteiger partial charge in [-0.1, -0.05) is 0 Å². The molecule has 0 aliphatic carbocycles. The van der Waals surface area contributed by atoms with Crippen LogP contribution in [0.2, 0.25) is 0 Å². The molecule has 27 heavy (non-hydrogen) atoms. The number of amides is 1. The van der Waals surface area contributed by atoms with Crippen molar-refractivity contribution in [3.05, 3.63) is 29.1 Å². The third-order valence-electron chi connectivity index (χ3n) is 4.45. The summed E-state index contributed by atoms with van der Waals surface area (Å²) >= 11 is 0. The number of anilines is 1. The number of carboxylic acid groups (broad SMARTS) is 1. The van der Waals surface area contributed by atoms with Crippen LogP contribution in [0.3, 0.4) is 0 Å². The van der Waals surface area contributed by atoms with E-state index in [0.717, 1.165) is 25.9 Å². The first kappa shape index (κ1) is 18.7. The summed E-state index contributed by atoms with van der Waals surface area (Å²) in [7, 11) is 0. The van der Waals surface area contributed by atoms with Crippen molar-refractivity contribution in [1.82, 2.24) is 30.5 Å². The number of nitrogens with one attached hydrogen (secondary N) is 2. The van der Waals surface area contributed by atoms with Gasteiger partial charge in [-0.15, -0.1) is 0 Å². The number of aryl methyl sites for hydroxylation is 1. The minimum atomic E-state index is -1.00. The van der Waals surface area contributed by atoms with Crippen molar-refractivity contribution in [3.63, 3.8) is 0 Å². The number of H-pyrrole nitrogens is 1. The molecule has 1 amide bonds. The highest BCUT2D eigenvalue weighted by molar-refractivity contribution is 5.95. The van der Waals surface area contributed by atoms with Crippen LogP contribution < -0.4 is 10.2 Å². The Hall–Kier alpha value is -3.04. The molecule has 1 fully saturated rings. The van der Waals surface area contributed by atoms with Gasteiger partial charge in [0.15, 0.2) is 5.82 Å². The minimum Gasteiger partial charge on any atom is -0.481 e. The van der Waals surface area contributed by atoms with E-state index in [0.29, 0.717) is 23.0 Å². The first-order valence-electron chi connectivity index (χ1n) is 8.96. The third-order valence-corrected chi connectivity index (χ3v) is 4.45. The van der Waals surface area contributed by atoms with Crippen LogP contribution in [-0.4, -0.2) is 55.2 Å². The molecular weight excluding hydrogens is 350 g/mol. The molecular formula is C17H23N7O3. The number of piperidine rings is 1. The van der Waals surface area contributed by atoms with Crippen LogP contribution in [0.25, 0.3) is 0 Å². The molecule has 10 heteroatoms. The van der Waals surface area contributed by atoms with Crippen molar-refractivity contribution in [1.29, 1.82) is 0 Å². The number of aromatic amines is 1. The van der Waals surface area contributed by atoms with Crippen LogP contribution in [0.5, 0.6) is 0 Å². The second-order valence-electron chi connectivity index (χ2n) is 6.62. The average molecular weight is 373 g/mol. The van der Waals surface area contributed by atoms with Crippen molar-refractivity contribution in [2.24, 2.45) is 0 Å². The molecule has 0 spiro atoms. The van der Waals surface area contributed by atoms with E-state index in [2.05, 4.69) is 35.4 Å². The van der Waals surface area contributed by atoms with Crippen LogP contribution in [0.1, 0.15) is 59.9 Å². The van der Waals surface area contributed by atoms with Crippen LogP contribution in [0, 0.1) is 6.92 Å². The number of carboxylic acids is 1. The smallest absolute Gasteiger partial charge is 0.311 e. The van der Waals surface area contributed by atoms with E-state index in [1.807, 2.05) is 0 Å². The molecule has 3 rings (SSSR count). The fraction of sp³-hybridized carbons (Fsp3) is 0.529. The Balaban J connectivity index is 1.66. The molecule has 3 N–H and O–H groups in total. The zero-order valence-electron chi connectivity index (χ0n) is 15.4. The van der Waals surface area contributed by atoms with Crippen molar-refractivity contribution in [2.75, 3.05) is 18.0 Å². The topological polar surface area (TPSA) is 137 Å². The zero-order chi connectivity index (χ0) is 19.4. The maximum Gasteiger partial charge on any atom is 0.311 e. The second-order valence-corrected chi connectivity index (χ2v) is 6.62. The predicted octanol–water partition coefficient (Wildman–Crippen LogP) is 1.01. The molecule has 0 aromatic carbocycles. The Morgan fingerprint density at radius 1 is 1.30 bits per heavy atom. The Bertz CT molecular complexity index is 830. The van der Waals surface area contributed by atoms with Crippen molar-refractivity contribution in [2.45, 2.75) is 45.6 Å². The van der Waals surface area contributed by atoms with Gasteiger partial charge in [0.05, 0.1) is 17.3 Å². The van der Waals surface area contributed by atoms with Crippen LogP contribution in [0.15, 0.2) is 6.20 Å². The number of carbonyl (C=O) groups is 2. The minimum absolute atomic E-state index is 0.240. The highest BCUT2D eigenvalue weighted by Crippen LogP contribution is 2.17. The van der Waals surface area contributed by atoms with Gasteiger partial charge in [0.1, 0.15) is 12.2 Å². The molecule has 1 aliphatic heterocycles. The lowest BCUT2D eigenvalue weighted by Crippen LogP contribution is -2.32. The number of hydrogen-bond acceptors (Lipinski definition) is 7. The number of nitrogens with zero attached hydrogens (tertiary/aromatic N) is 5. The van der Waals surface area contributed by atoms with Gasteiger partial charge in [0, 0.05) is 19.3 Å². The lowest BCUT2D eigenvalue weighted by atomic mass is 10.1. The van der Waals surface area contributed by atoms with Gasteiger partial charge in [0.2, 0.25) is 5.95 Å². The molecule has 0 bridgehead atoms. The standard InChI is InChI=1S/C17H23N7O3/c1-10-12(9-18-17(20-10)24-6-4-3-5-7-24)16(27)19-11(2)15-21-13(22-23-15)8-14(25)26/h9,11H,3-8H2,1-2H3,(H,19,27)(H,25,26)(H,21,22,23)/t11-/m0/s1. The number of rotatable bonds is 6. The summed E-state index contributed by atoms with van der Waals surface area (Å²) in [4.78, 5) is 38.3. The molecule has 0 radical (unpaired) electrons. The van der Waals surface area contributed by atoms with E-state index >= 15 is 0 Å². The summed E-state index contributed by atoms with van der Waals surface area (Å²) < 4.78 is 0. The normalized spacial score (nSPS) is 15.4. The van der Waals surface area contributed by atoms with E-state index in [4.69, 9.17) is 5.11 Å². The summed E-state index contributed by atoms with van der Waals surface area (Å²) in [6, 6.07) is -0.488. The Morgan fingerprint density at radius 2 is 2.04 bits per heavy atom. The average Bonchev–Trinajstić information content (AvgIpc) is 3.10. The summed E-state index contributed by atoms with van der Waals surface area (Å²) in [5, 5.41) is 18.1. The third kappa shape index (κ3) is 4.57. The van der Waals surface area contributed by atoms with Gasteiger partial charge in [0.25, 0.3) is 5.91 Å². The van der Waals surface area contributed by atoms with Crippen LogP contribution in [0.4, 0.5) is 5.95 Å². The summed E-state index contributed by atoms with van der Waals surface area (Å²) in [6.45, 7) is 5.38. The van der Waals surface area contributed by atoms with E-state index in [9.17, 15) is 9.59 Å². The van der Waals surface area contributed by atoms with E-state index in [1.165, 1.54) is 6.42 Å². The SMILES string of the molecule is Cc1nc(N2CCCCC2)ncc1C(=O)N[C@@H](C)c1n[nH]c(CC(=O)O)n1. The molecule has 2 aromatic rings. The quantitative estimate of drug-likeness (QED) is 0.682. The van der Waals surface area contributed by atoms with Gasteiger partial charge in [-0.25, -0.2) is 15.0 Å². The molecule has 2 aromatic heterocycles. The van der Waals surface area contributed by atoms with E-state index in [-0.39, 0.29) is 18.2 Å². The number of hydrogen-bond donors (Lipinski definition) is 3. The largest absolute Gasteiger partial charge is 0.481 e. The number of carbonyl (C=O) groups excluding carboxylic acids is 1. The first-order chi connectivity index (χ1) is 12.9. The van der Waals surface area contributed by atoms with Crippen molar-refractivity contribution >= 4 is 17.8 Å². The predicted molar refractivity (Wildman–Crippen MR) is 96.4 cm³/mol. The monoisotopic (exact) mass is 373 g/mol. The zero-order valence-corrected chi connectivity index (χ0v) is 15.4. The Morgan fingerprint density at radius 3 is 2.70 bits per heavy atom. The van der Waals surface area contributed by atoms with E-state index in [1.54, 1.807) is 20.0 Å². The van der Waals surface area contributed by atoms with Gasteiger partial charge in [-0.2, -0.15) is 5.10 Å². The van der Waals surface area contributed by atoms with Crippen LogP contribution >= 0.6 is 0 Å². The van der Waals surface area contributed by atoms with Gasteiger partial charge < -0.3 is 15.3 Å². The highest BCUT2D eigenvalue weighted by Gasteiger charge is 2.20. The van der Waals surface area contributed by atoms with Gasteiger partial charge in [-0.3, -0.25) is 14.7 Å². The van der Waals surface area contributed by atoms with Crippen LogP contribution in [-0.2, 0) is 11.2 Å². The molecule has 1 saturated heterocycles. The molecule has 0 unspecified atom stereocenters. The second kappa shape index (κ2) is 8.11. The highest BCUT2D eigenvalue weighted by atomic mass is 16.4. The summed E-state index contributed by atoms with van der Waals surface area (Å²) in [5.74, 6) is -0.109. The Labute approximate surface area is 156 Å². The fourth-order valence-electron chi connectivity index (χ4n) is 2.99. The summed E-state index contributed by atoms with van der Waals surface area (Å²) in [5.41, 5.74) is 1.00. The maximum absolute atomic E-state index is 12.6. The van der Waals surface area contributed by atoms with Crippen molar-refractivity contribution < 1.29 is 14.7 Å². The molecule has 3 heterocycles. The number of aromatic nitrogens is 5. The molecule has 0 saturated carbocycles. The lowest BCUT2D eigenvalue weighted by molar-refractivity contribution is -0.136. The lowest BCUT2D eigenvalue weighted by Gasteiger charge is -2.26. The molecule has 1 aliphatic rings.